The van der Waals surface area contributed by atoms with E-state index in [1.807, 2.05) is 6.07 Å². The first-order chi connectivity index (χ1) is 18.9. The van der Waals surface area contributed by atoms with Crippen molar-refractivity contribution in [2.75, 3.05) is 56.2 Å². The van der Waals surface area contributed by atoms with Crippen LogP contribution in [0.4, 0.5) is 20.7 Å². The Morgan fingerprint density at radius 3 is 2.77 bits per heavy atom. The number of likely N-dealkylation sites (tertiary alicyclic amines) is 1. The number of likely N-dealkylation sites (N-methyl/N-ethyl adjacent to an activating group) is 1. The van der Waals surface area contributed by atoms with E-state index in [0.29, 0.717) is 43.9 Å². The molecular formula is C28H36FN7O3. The van der Waals surface area contributed by atoms with Gasteiger partial charge in [0, 0.05) is 49.0 Å². The number of amides is 1. The second kappa shape index (κ2) is 11.6. The predicted octanol–water partition coefficient (Wildman–Crippen LogP) is 3.43. The van der Waals surface area contributed by atoms with Crippen molar-refractivity contribution in [2.45, 2.75) is 57.7 Å². The van der Waals surface area contributed by atoms with Crippen LogP contribution in [0.2, 0.25) is 0 Å². The summed E-state index contributed by atoms with van der Waals surface area (Å²) in [7, 11) is 2.10. The molecule has 0 bridgehead atoms. The SMILES string of the molecule is Cc1c(F)cccc1N1CCCc2c(nc(OC[C@@H]3CCCN3C)nc2N2CCN(C(=O)O)[C@@H](CC#N)C2)C1. The lowest BCUT2D eigenvalue weighted by molar-refractivity contribution is 0.119. The molecule has 0 spiro atoms. The third kappa shape index (κ3) is 5.71. The van der Waals surface area contributed by atoms with Crippen LogP contribution in [0.5, 0.6) is 6.01 Å². The minimum Gasteiger partial charge on any atom is -0.465 e. The lowest BCUT2D eigenvalue weighted by Crippen LogP contribution is -2.55. The quantitative estimate of drug-likeness (QED) is 0.593. The summed E-state index contributed by atoms with van der Waals surface area (Å²) in [5, 5.41) is 19.0. The van der Waals surface area contributed by atoms with Gasteiger partial charge in [0.15, 0.2) is 0 Å². The first kappa shape index (κ1) is 26.9. The highest BCUT2D eigenvalue weighted by molar-refractivity contribution is 5.66. The maximum atomic E-state index is 14.4. The van der Waals surface area contributed by atoms with E-state index in [1.54, 1.807) is 13.0 Å². The second-order valence-electron chi connectivity index (χ2n) is 10.7. The molecule has 2 saturated heterocycles. The van der Waals surface area contributed by atoms with Crippen molar-refractivity contribution < 1.29 is 19.0 Å². The fourth-order valence-electron chi connectivity index (χ4n) is 6.00. The topological polar surface area (TPSA) is 109 Å². The number of nitrogens with zero attached hydrogens (tertiary/aromatic N) is 7. The minimum absolute atomic E-state index is 0.111. The van der Waals surface area contributed by atoms with Crippen LogP contribution < -0.4 is 14.5 Å². The number of carboxylic acid groups (broad SMARTS) is 1. The standard InChI is InChI=1S/C28H36FN7O3/c1-19-23(29)8-3-9-25(19)34-13-5-7-22-24(17-34)31-27(39-18-21-6-4-12-33(21)2)32-26(22)35-14-15-36(28(37)38)20(16-35)10-11-30/h3,8-9,20-21H,4-7,10,12-18H2,1-2H3,(H,37,38)/t20-,21-/m0/s1. The summed E-state index contributed by atoms with van der Waals surface area (Å²) in [6, 6.07) is 7.46. The summed E-state index contributed by atoms with van der Waals surface area (Å²) in [5.41, 5.74) is 3.31. The number of anilines is 2. The van der Waals surface area contributed by atoms with E-state index in [9.17, 15) is 19.6 Å². The number of fused-ring (bicyclic) bond motifs is 1. The fourth-order valence-corrected chi connectivity index (χ4v) is 6.00. The molecule has 10 nitrogen and oxygen atoms in total. The smallest absolute Gasteiger partial charge is 0.407 e. The molecule has 0 aliphatic carbocycles. The molecule has 11 heteroatoms. The Bertz CT molecular complexity index is 1250. The molecule has 39 heavy (non-hydrogen) atoms. The molecule has 2 aromatic rings. The van der Waals surface area contributed by atoms with Gasteiger partial charge in [0.25, 0.3) is 0 Å². The molecule has 3 aliphatic rings. The average molecular weight is 538 g/mol. The molecule has 0 unspecified atom stereocenters. The normalized spacial score (nSPS) is 21.8. The Hall–Kier alpha value is -3.65. The number of carbonyl (C=O) groups is 1. The van der Waals surface area contributed by atoms with E-state index in [2.05, 4.69) is 27.8 Å². The summed E-state index contributed by atoms with van der Waals surface area (Å²) < 4.78 is 20.6. The fraction of sp³-hybridized carbons (Fsp3) is 0.571. The van der Waals surface area contributed by atoms with Crippen molar-refractivity contribution >= 4 is 17.6 Å². The number of aromatic nitrogens is 2. The largest absolute Gasteiger partial charge is 0.465 e. The zero-order chi connectivity index (χ0) is 27.5. The van der Waals surface area contributed by atoms with Gasteiger partial charge in [-0.25, -0.2) is 9.18 Å². The van der Waals surface area contributed by atoms with Crippen LogP contribution in [0.15, 0.2) is 18.2 Å². The van der Waals surface area contributed by atoms with Crippen LogP contribution in [-0.2, 0) is 13.0 Å². The summed E-state index contributed by atoms with van der Waals surface area (Å²) in [5.74, 6) is 0.519. The van der Waals surface area contributed by atoms with Crippen molar-refractivity contribution in [3.05, 3.63) is 40.8 Å². The molecule has 2 fully saturated rings. The van der Waals surface area contributed by atoms with Gasteiger partial charge >= 0.3 is 12.1 Å². The Labute approximate surface area is 228 Å². The number of piperazine rings is 1. The first-order valence-corrected chi connectivity index (χ1v) is 13.7. The van der Waals surface area contributed by atoms with E-state index in [1.165, 1.54) is 11.0 Å². The Morgan fingerprint density at radius 1 is 1.18 bits per heavy atom. The number of benzene rings is 1. The summed E-state index contributed by atoms with van der Waals surface area (Å²) in [6.07, 6.45) is 2.87. The molecule has 1 amide bonds. The zero-order valence-corrected chi connectivity index (χ0v) is 22.6. The number of halogens is 1. The van der Waals surface area contributed by atoms with Crippen molar-refractivity contribution in [1.29, 1.82) is 5.26 Å². The van der Waals surface area contributed by atoms with Gasteiger partial charge in [0.05, 0.1) is 30.8 Å². The van der Waals surface area contributed by atoms with E-state index in [-0.39, 0.29) is 18.8 Å². The van der Waals surface area contributed by atoms with E-state index in [0.717, 1.165) is 61.5 Å². The monoisotopic (exact) mass is 537 g/mol. The van der Waals surface area contributed by atoms with E-state index >= 15 is 0 Å². The van der Waals surface area contributed by atoms with Crippen molar-refractivity contribution in [2.24, 2.45) is 0 Å². The molecule has 208 valence electrons. The van der Waals surface area contributed by atoms with Crippen LogP contribution in [0, 0.1) is 24.1 Å². The van der Waals surface area contributed by atoms with Crippen LogP contribution in [-0.4, -0.2) is 89.4 Å². The summed E-state index contributed by atoms with van der Waals surface area (Å²) in [4.78, 5) is 29.4. The molecule has 4 heterocycles. The number of hydrogen-bond acceptors (Lipinski definition) is 8. The molecular weight excluding hydrogens is 501 g/mol. The van der Waals surface area contributed by atoms with Crippen molar-refractivity contribution in [3.8, 4) is 12.1 Å². The molecule has 5 rings (SSSR count). The van der Waals surface area contributed by atoms with Crippen LogP contribution >= 0.6 is 0 Å². The van der Waals surface area contributed by atoms with Gasteiger partial charge in [-0.15, -0.1) is 0 Å². The Kier molecular flexibility index (Phi) is 8.02. The highest BCUT2D eigenvalue weighted by Crippen LogP contribution is 2.33. The van der Waals surface area contributed by atoms with Gasteiger partial charge < -0.3 is 29.4 Å². The van der Waals surface area contributed by atoms with Crippen LogP contribution in [0.3, 0.4) is 0 Å². The number of hydrogen-bond donors (Lipinski definition) is 1. The van der Waals surface area contributed by atoms with Gasteiger partial charge in [-0.05, 0) is 58.3 Å². The second-order valence-corrected chi connectivity index (χ2v) is 10.7. The minimum atomic E-state index is -1.01. The maximum absolute atomic E-state index is 14.4. The summed E-state index contributed by atoms with van der Waals surface area (Å²) in [6.45, 7) is 5.70. The number of rotatable bonds is 6. The van der Waals surface area contributed by atoms with Crippen molar-refractivity contribution in [3.63, 3.8) is 0 Å². The molecule has 0 radical (unpaired) electrons. The predicted molar refractivity (Wildman–Crippen MR) is 145 cm³/mol. The lowest BCUT2D eigenvalue weighted by Gasteiger charge is -2.40. The zero-order valence-electron chi connectivity index (χ0n) is 22.6. The molecule has 1 aromatic heterocycles. The highest BCUT2D eigenvalue weighted by atomic mass is 19.1. The van der Waals surface area contributed by atoms with Crippen LogP contribution in [0.25, 0.3) is 0 Å². The van der Waals surface area contributed by atoms with Gasteiger partial charge in [-0.3, -0.25) is 0 Å². The van der Waals surface area contributed by atoms with Crippen molar-refractivity contribution in [1.82, 2.24) is 19.8 Å². The Morgan fingerprint density at radius 2 is 2.03 bits per heavy atom. The number of ether oxygens (including phenoxy) is 1. The first-order valence-electron chi connectivity index (χ1n) is 13.7. The molecule has 3 aliphatic heterocycles. The summed E-state index contributed by atoms with van der Waals surface area (Å²) >= 11 is 0. The van der Waals surface area contributed by atoms with E-state index in [4.69, 9.17) is 14.7 Å². The van der Waals surface area contributed by atoms with Gasteiger partial charge in [-0.2, -0.15) is 15.2 Å². The van der Waals surface area contributed by atoms with Crippen LogP contribution in [0.1, 0.15) is 42.5 Å². The molecule has 2 atom stereocenters. The van der Waals surface area contributed by atoms with E-state index < -0.39 is 12.1 Å². The van der Waals surface area contributed by atoms with Gasteiger partial charge in [0.1, 0.15) is 18.2 Å². The maximum Gasteiger partial charge on any atom is 0.407 e. The van der Waals surface area contributed by atoms with Gasteiger partial charge in [-0.1, -0.05) is 6.07 Å². The third-order valence-electron chi connectivity index (χ3n) is 8.26. The average Bonchev–Trinajstić information content (AvgIpc) is 3.21. The number of nitriles is 1. The highest BCUT2D eigenvalue weighted by Gasteiger charge is 2.34. The Balaban J connectivity index is 1.49. The van der Waals surface area contributed by atoms with Gasteiger partial charge in [0.2, 0.25) is 0 Å². The third-order valence-corrected chi connectivity index (χ3v) is 8.26. The molecule has 1 aromatic carbocycles. The molecule has 0 saturated carbocycles. The molecule has 1 N–H and O–H groups in total. The lowest BCUT2D eigenvalue weighted by atomic mass is 10.1.